The van der Waals surface area contributed by atoms with E-state index >= 15 is 0 Å². The van der Waals surface area contributed by atoms with Crippen LogP contribution in [0.5, 0.6) is 0 Å². The predicted molar refractivity (Wildman–Crippen MR) is 130 cm³/mol. The van der Waals surface area contributed by atoms with Crippen molar-refractivity contribution in [1.82, 2.24) is 20.6 Å². The highest BCUT2D eigenvalue weighted by atomic mass is 16.2. The minimum atomic E-state index is -0.539. The molecule has 0 spiro atoms. The van der Waals surface area contributed by atoms with Crippen LogP contribution in [-0.4, -0.2) is 47.5 Å². The molecule has 9 heteroatoms. The zero-order valence-electron chi connectivity index (χ0n) is 19.3. The van der Waals surface area contributed by atoms with E-state index in [-0.39, 0.29) is 11.8 Å². The molecule has 1 atom stereocenters. The van der Waals surface area contributed by atoms with Crippen LogP contribution in [0.4, 0.5) is 11.8 Å². The highest BCUT2D eigenvalue weighted by Gasteiger charge is 2.16. The summed E-state index contributed by atoms with van der Waals surface area (Å²) in [5.74, 6) is 0.606. The standard InChI is InChI=1S/C24H35N7O2/c1-17-8-10-18(11-9-17)15-29-22(32)19-16-30-24-28-13-5-3-2-4-12-27-23(33)20(25)7-6-14-26-21(19)31-24/h8-11,16,20H,2-7,12-15,25H2,1H3,(H,27,33)(H,29,32)(H2,26,28,30,31)/t20-/m0/s1. The van der Waals surface area contributed by atoms with Gasteiger partial charge in [-0.3, -0.25) is 9.59 Å². The Labute approximate surface area is 195 Å². The van der Waals surface area contributed by atoms with Crippen LogP contribution in [0.25, 0.3) is 0 Å². The molecule has 2 heterocycles. The summed E-state index contributed by atoms with van der Waals surface area (Å²) < 4.78 is 0. The number of nitrogens with one attached hydrogen (secondary N) is 4. The summed E-state index contributed by atoms with van der Waals surface area (Å²) in [7, 11) is 0. The highest BCUT2D eigenvalue weighted by Crippen LogP contribution is 2.15. The van der Waals surface area contributed by atoms with Gasteiger partial charge >= 0.3 is 0 Å². The molecule has 1 aliphatic heterocycles. The molecule has 2 aromatic rings. The van der Waals surface area contributed by atoms with Gasteiger partial charge in [-0.05, 0) is 38.2 Å². The maximum atomic E-state index is 12.9. The second-order valence-corrected chi connectivity index (χ2v) is 8.43. The summed E-state index contributed by atoms with van der Waals surface area (Å²) in [4.78, 5) is 33.9. The molecule has 33 heavy (non-hydrogen) atoms. The van der Waals surface area contributed by atoms with Gasteiger partial charge in [0.2, 0.25) is 11.9 Å². The van der Waals surface area contributed by atoms with Crippen LogP contribution in [0.1, 0.15) is 60.0 Å². The SMILES string of the molecule is Cc1ccc(CNC(=O)c2cnc3nc2NCCC[C@H](N)C(=O)NCCCCCCN3)cc1. The number of nitrogens with zero attached hydrogens (tertiary/aromatic N) is 2. The molecule has 9 nitrogen and oxygen atoms in total. The minimum absolute atomic E-state index is 0.110. The summed E-state index contributed by atoms with van der Waals surface area (Å²) in [5.41, 5.74) is 8.59. The predicted octanol–water partition coefficient (Wildman–Crippen LogP) is 2.34. The molecule has 1 aromatic heterocycles. The van der Waals surface area contributed by atoms with Crippen molar-refractivity contribution < 1.29 is 9.59 Å². The van der Waals surface area contributed by atoms with E-state index in [1.165, 1.54) is 5.56 Å². The van der Waals surface area contributed by atoms with Crippen molar-refractivity contribution in [2.45, 2.75) is 58.0 Å². The van der Waals surface area contributed by atoms with Gasteiger partial charge in [0.1, 0.15) is 11.4 Å². The van der Waals surface area contributed by atoms with Crippen molar-refractivity contribution in [1.29, 1.82) is 0 Å². The first-order valence-corrected chi connectivity index (χ1v) is 11.7. The second kappa shape index (κ2) is 12.7. The van der Waals surface area contributed by atoms with E-state index < -0.39 is 6.04 Å². The zero-order valence-corrected chi connectivity index (χ0v) is 19.3. The number of hydrogen-bond donors (Lipinski definition) is 5. The molecule has 0 saturated carbocycles. The highest BCUT2D eigenvalue weighted by molar-refractivity contribution is 5.98. The lowest BCUT2D eigenvalue weighted by Crippen LogP contribution is -2.41. The number of amides is 2. The number of fused-ring (bicyclic) bond motifs is 2. The lowest BCUT2D eigenvalue weighted by molar-refractivity contribution is -0.122. The van der Waals surface area contributed by atoms with E-state index in [9.17, 15) is 9.59 Å². The van der Waals surface area contributed by atoms with Crippen LogP contribution >= 0.6 is 0 Å². The lowest BCUT2D eigenvalue weighted by atomic mass is 10.1. The van der Waals surface area contributed by atoms with E-state index in [0.29, 0.717) is 49.8 Å². The van der Waals surface area contributed by atoms with Crippen molar-refractivity contribution in [2.75, 3.05) is 30.3 Å². The number of benzene rings is 1. The van der Waals surface area contributed by atoms with E-state index in [4.69, 9.17) is 5.73 Å². The Balaban J connectivity index is 1.67. The van der Waals surface area contributed by atoms with Crippen molar-refractivity contribution in [2.24, 2.45) is 5.73 Å². The third-order valence-electron chi connectivity index (χ3n) is 5.61. The fourth-order valence-electron chi connectivity index (χ4n) is 3.56. The molecule has 0 unspecified atom stereocenters. The van der Waals surface area contributed by atoms with Crippen LogP contribution in [-0.2, 0) is 11.3 Å². The molecule has 0 radical (unpaired) electrons. The number of carbonyl (C=O) groups is 2. The van der Waals surface area contributed by atoms with Crippen molar-refractivity contribution in [3.8, 4) is 0 Å². The monoisotopic (exact) mass is 453 g/mol. The molecule has 0 aliphatic carbocycles. The van der Waals surface area contributed by atoms with Gasteiger partial charge in [-0.1, -0.05) is 42.7 Å². The van der Waals surface area contributed by atoms with Gasteiger partial charge in [-0.15, -0.1) is 0 Å². The van der Waals surface area contributed by atoms with Gasteiger partial charge in [0.05, 0.1) is 6.04 Å². The number of hydrogen-bond acceptors (Lipinski definition) is 7. The van der Waals surface area contributed by atoms with Crippen LogP contribution in [0.2, 0.25) is 0 Å². The molecular formula is C24H35N7O2. The molecule has 0 fully saturated rings. The number of aryl methyl sites for hydroxylation is 1. The van der Waals surface area contributed by atoms with Crippen LogP contribution in [0.3, 0.4) is 0 Å². The van der Waals surface area contributed by atoms with E-state index in [1.54, 1.807) is 6.20 Å². The molecule has 0 saturated heterocycles. The maximum Gasteiger partial charge on any atom is 0.256 e. The van der Waals surface area contributed by atoms with Gasteiger partial charge in [-0.25, -0.2) is 4.98 Å². The topological polar surface area (TPSA) is 134 Å². The Kier molecular flexibility index (Phi) is 9.44. The molecule has 2 amide bonds. The van der Waals surface area contributed by atoms with Crippen molar-refractivity contribution in [3.05, 3.63) is 47.2 Å². The molecule has 2 bridgehead atoms. The van der Waals surface area contributed by atoms with Crippen LogP contribution in [0, 0.1) is 6.92 Å². The average molecular weight is 454 g/mol. The zero-order chi connectivity index (χ0) is 23.5. The summed E-state index contributed by atoms with van der Waals surface area (Å²) in [6.45, 7) is 4.39. The normalized spacial score (nSPS) is 18.2. The number of anilines is 2. The Morgan fingerprint density at radius 2 is 1.73 bits per heavy atom. The fraction of sp³-hybridized carbons (Fsp3) is 0.500. The quantitative estimate of drug-likeness (QED) is 0.481. The smallest absolute Gasteiger partial charge is 0.256 e. The Bertz CT molecular complexity index is 918. The van der Waals surface area contributed by atoms with Crippen molar-refractivity contribution in [3.63, 3.8) is 0 Å². The van der Waals surface area contributed by atoms with Gasteiger partial charge < -0.3 is 27.0 Å². The summed E-state index contributed by atoms with van der Waals surface area (Å²) in [6.07, 6.45) is 6.75. The molecule has 1 aliphatic rings. The van der Waals surface area contributed by atoms with Gasteiger partial charge in [-0.2, -0.15) is 4.98 Å². The first kappa shape index (κ1) is 24.4. The summed E-state index contributed by atoms with van der Waals surface area (Å²) in [5, 5.41) is 12.3. The second-order valence-electron chi connectivity index (χ2n) is 8.43. The molecule has 178 valence electrons. The summed E-state index contributed by atoms with van der Waals surface area (Å²) in [6, 6.07) is 7.49. The first-order valence-electron chi connectivity index (χ1n) is 11.7. The van der Waals surface area contributed by atoms with Gasteiger partial charge in [0, 0.05) is 32.4 Å². The molecule has 1 aromatic carbocycles. The number of nitrogens with two attached hydrogens (primary N) is 1. The van der Waals surface area contributed by atoms with Gasteiger partial charge in [0.25, 0.3) is 5.91 Å². The molecule has 6 N–H and O–H groups in total. The number of rotatable bonds is 3. The molecule has 3 rings (SSSR count). The first-order chi connectivity index (χ1) is 16.0. The third kappa shape index (κ3) is 8.02. The van der Waals surface area contributed by atoms with Crippen LogP contribution < -0.4 is 27.0 Å². The largest absolute Gasteiger partial charge is 0.369 e. The van der Waals surface area contributed by atoms with E-state index in [0.717, 1.165) is 37.8 Å². The number of carbonyl (C=O) groups excluding carboxylic acids is 2. The van der Waals surface area contributed by atoms with E-state index in [2.05, 4.69) is 31.2 Å². The lowest BCUT2D eigenvalue weighted by Gasteiger charge is -2.14. The Morgan fingerprint density at radius 3 is 2.48 bits per heavy atom. The van der Waals surface area contributed by atoms with Crippen molar-refractivity contribution >= 4 is 23.6 Å². The van der Waals surface area contributed by atoms with Gasteiger partial charge in [0.15, 0.2) is 0 Å². The summed E-state index contributed by atoms with van der Waals surface area (Å²) >= 11 is 0. The Hall–Kier alpha value is -3.20. The number of aromatic nitrogens is 2. The van der Waals surface area contributed by atoms with Crippen LogP contribution in [0.15, 0.2) is 30.5 Å². The minimum Gasteiger partial charge on any atom is -0.369 e. The Morgan fingerprint density at radius 1 is 1.03 bits per heavy atom. The average Bonchev–Trinajstić information content (AvgIpc) is 2.82. The fourth-order valence-corrected chi connectivity index (χ4v) is 3.56. The third-order valence-corrected chi connectivity index (χ3v) is 5.61. The van der Waals surface area contributed by atoms with E-state index in [1.807, 2.05) is 31.2 Å². The maximum absolute atomic E-state index is 12.9. The molecular weight excluding hydrogens is 418 g/mol.